The number of aliphatic hydroxyl groups excluding tert-OH is 1. The molecule has 66 heavy (non-hydrogen) atoms. The van der Waals surface area contributed by atoms with E-state index in [1.165, 1.54) is 4.90 Å². The number of aromatic hydroxyl groups is 1. The van der Waals surface area contributed by atoms with Crippen LogP contribution in [0.15, 0.2) is 70.7 Å². The monoisotopic (exact) mass is 918 g/mol. The standard InChI is InChI=1S/C48H58N10O7S/c1-27(2)44(48(63)58-24-34(59)18-39(58)47(62)51-29(4)31-10-12-32(13-11-31)45-30(5)50-26-66-45)41-20-42(54-65-41)64-25-43(61)56-15-14-37(28(3)22-56)55-16-17-57-33(23-55)21-49-46-38(57)19-36(52-53-46)35-8-6-7-9-40(35)60/h6-13,19-20,26-29,33-34,37,39,44,59-60H,14-18,21-25H2,1-5H3,(H,49,53)(H,51,62)/t28-,29+,33-,34-,37+,39+,44-/m1/s1. The van der Waals surface area contributed by atoms with Crippen molar-refractivity contribution in [2.45, 2.75) is 83.6 Å². The van der Waals surface area contributed by atoms with E-state index in [4.69, 9.17) is 9.26 Å². The van der Waals surface area contributed by atoms with E-state index in [1.807, 2.05) is 80.6 Å². The minimum atomic E-state index is -0.870. The van der Waals surface area contributed by atoms with Gasteiger partial charge in [-0.15, -0.1) is 21.5 Å². The summed E-state index contributed by atoms with van der Waals surface area (Å²) in [5.74, 6) is -0.383. The molecule has 0 bridgehead atoms. The van der Waals surface area contributed by atoms with Crippen molar-refractivity contribution in [3.05, 3.63) is 83.2 Å². The van der Waals surface area contributed by atoms with E-state index in [0.717, 1.165) is 65.8 Å². The molecule has 3 amide bonds. The van der Waals surface area contributed by atoms with E-state index >= 15 is 0 Å². The summed E-state index contributed by atoms with van der Waals surface area (Å²) >= 11 is 1.58. The van der Waals surface area contributed by atoms with Crippen LogP contribution >= 0.6 is 11.3 Å². The highest BCUT2D eigenvalue weighted by molar-refractivity contribution is 7.13. The topological polar surface area (TPSA) is 203 Å². The second-order valence-corrected chi connectivity index (χ2v) is 19.3. The van der Waals surface area contributed by atoms with Crippen LogP contribution in [0.3, 0.4) is 0 Å². The number of nitrogens with one attached hydrogen (secondary N) is 2. The third-order valence-electron chi connectivity index (χ3n) is 13.7. The zero-order valence-electron chi connectivity index (χ0n) is 38.0. The number of phenolic OH excluding ortho intramolecular Hbond substituents is 1. The average Bonchev–Trinajstić information content (AvgIpc) is 4.07. The molecule has 0 unspecified atom stereocenters. The Morgan fingerprint density at radius 3 is 2.56 bits per heavy atom. The number of carbonyl (C=O) groups is 3. The van der Waals surface area contributed by atoms with Gasteiger partial charge >= 0.3 is 0 Å². The largest absolute Gasteiger partial charge is 0.507 e. The molecule has 4 aliphatic heterocycles. The fraction of sp³-hybridized carbons (Fsp3) is 0.479. The average molecular weight is 919 g/mol. The number of hydrogen-bond donors (Lipinski definition) is 4. The van der Waals surface area contributed by atoms with Crippen molar-refractivity contribution in [3.63, 3.8) is 0 Å². The Kier molecular flexibility index (Phi) is 13.0. The van der Waals surface area contributed by atoms with Gasteiger partial charge in [0.05, 0.1) is 45.7 Å². The fourth-order valence-corrected chi connectivity index (χ4v) is 11.0. The van der Waals surface area contributed by atoms with Gasteiger partial charge in [-0.05, 0) is 66.6 Å². The third kappa shape index (κ3) is 9.18. The molecule has 0 saturated carbocycles. The lowest BCUT2D eigenvalue weighted by molar-refractivity contribution is -0.141. The Balaban J connectivity index is 0.768. The van der Waals surface area contributed by atoms with Gasteiger partial charge in [-0.1, -0.05) is 57.2 Å². The van der Waals surface area contributed by atoms with Crippen LogP contribution in [0.2, 0.25) is 0 Å². The highest BCUT2D eigenvalue weighted by Gasteiger charge is 2.44. The number of fused-ring (bicyclic) bond motifs is 3. The molecule has 7 heterocycles. The Bertz CT molecular complexity index is 2550. The quantitative estimate of drug-likeness (QED) is 0.129. The Morgan fingerprint density at radius 1 is 1.02 bits per heavy atom. The molecule has 0 aliphatic carbocycles. The third-order valence-corrected chi connectivity index (χ3v) is 14.7. The molecule has 3 fully saturated rings. The van der Waals surface area contributed by atoms with Gasteiger partial charge < -0.3 is 44.8 Å². The molecule has 0 spiro atoms. The number of anilines is 2. The van der Waals surface area contributed by atoms with Crippen molar-refractivity contribution < 1.29 is 33.9 Å². The van der Waals surface area contributed by atoms with Gasteiger partial charge in [-0.3, -0.25) is 19.3 Å². The zero-order chi connectivity index (χ0) is 46.2. The van der Waals surface area contributed by atoms with Crippen molar-refractivity contribution in [1.82, 2.24) is 40.4 Å². The molecule has 7 atom stereocenters. The molecule has 9 rings (SSSR count). The Hall–Kier alpha value is -6.11. The van der Waals surface area contributed by atoms with E-state index in [2.05, 4.69) is 47.7 Å². The number of piperazine rings is 1. The van der Waals surface area contributed by atoms with E-state index in [9.17, 15) is 24.6 Å². The minimum absolute atomic E-state index is 0.0133. The summed E-state index contributed by atoms with van der Waals surface area (Å²) in [7, 11) is 0. The number of ether oxygens (including phenoxy) is 1. The van der Waals surface area contributed by atoms with Crippen molar-refractivity contribution >= 4 is 40.6 Å². The Labute approximate surface area is 388 Å². The van der Waals surface area contributed by atoms with Gasteiger partial charge in [0.2, 0.25) is 11.8 Å². The molecule has 5 aromatic rings. The number of aliphatic hydroxyl groups is 1. The lowest BCUT2D eigenvalue weighted by Gasteiger charge is -2.50. The molecule has 2 aromatic carbocycles. The maximum absolute atomic E-state index is 14.2. The van der Waals surface area contributed by atoms with E-state index in [-0.39, 0.29) is 78.6 Å². The molecule has 3 aromatic heterocycles. The number of amides is 3. The molecule has 4 N–H and O–H groups in total. The van der Waals surface area contributed by atoms with Crippen molar-refractivity contribution in [3.8, 4) is 33.3 Å². The predicted molar refractivity (Wildman–Crippen MR) is 249 cm³/mol. The first-order valence-corrected chi connectivity index (χ1v) is 23.8. The van der Waals surface area contributed by atoms with Crippen LogP contribution in [-0.4, -0.2) is 140 Å². The van der Waals surface area contributed by atoms with Crippen molar-refractivity contribution in [2.24, 2.45) is 11.8 Å². The zero-order valence-corrected chi connectivity index (χ0v) is 38.8. The van der Waals surface area contributed by atoms with Gasteiger partial charge in [0.15, 0.2) is 18.2 Å². The summed E-state index contributed by atoms with van der Waals surface area (Å²) in [5.41, 5.74) is 7.03. The first kappa shape index (κ1) is 45.1. The van der Waals surface area contributed by atoms with Gasteiger partial charge in [0.25, 0.3) is 11.8 Å². The number of phenols is 1. The first-order chi connectivity index (χ1) is 31.8. The van der Waals surface area contributed by atoms with Crippen LogP contribution in [0.5, 0.6) is 11.6 Å². The predicted octanol–water partition coefficient (Wildman–Crippen LogP) is 5.08. The lowest BCUT2D eigenvalue weighted by Crippen LogP contribution is -2.62. The number of likely N-dealkylation sites (tertiary alicyclic amines) is 2. The van der Waals surface area contributed by atoms with Crippen LogP contribution in [0.4, 0.5) is 11.5 Å². The number of piperidine rings is 1. The van der Waals surface area contributed by atoms with Gasteiger partial charge in [-0.25, -0.2) is 4.98 Å². The molecular weight excluding hydrogens is 861 g/mol. The molecule has 348 valence electrons. The van der Waals surface area contributed by atoms with Gasteiger partial charge in [0, 0.05) is 69.9 Å². The van der Waals surface area contributed by atoms with Crippen LogP contribution in [-0.2, 0) is 14.4 Å². The number of para-hydroxylation sites is 1. The van der Waals surface area contributed by atoms with Crippen LogP contribution in [0.1, 0.15) is 69.5 Å². The van der Waals surface area contributed by atoms with Crippen LogP contribution < -0.4 is 20.3 Å². The summed E-state index contributed by atoms with van der Waals surface area (Å²) in [6.07, 6.45) is 0.0929. The molecule has 4 aliphatic rings. The fourth-order valence-electron chi connectivity index (χ4n) is 10.2. The second-order valence-electron chi connectivity index (χ2n) is 18.5. The van der Waals surface area contributed by atoms with Crippen LogP contribution in [0, 0.1) is 18.8 Å². The minimum Gasteiger partial charge on any atom is -0.507 e. The SMILES string of the molecule is Cc1ncsc1-c1ccc([C@H](C)NC(=O)[C@@H]2C[C@@H](O)CN2C(=O)[C@@H](c2cc(OCC(=O)N3CC[C@H](N4CCN5c6cc(-c7ccccc7O)nnc6NC[C@@H]5C4)[C@H](C)C3)no2)C(C)C)cc1. The number of aromatic nitrogens is 4. The maximum atomic E-state index is 14.2. The normalized spacial score (nSPS) is 22.9. The molecular formula is C48H58N10O7S. The summed E-state index contributed by atoms with van der Waals surface area (Å²) < 4.78 is 11.5. The highest BCUT2D eigenvalue weighted by Crippen LogP contribution is 2.38. The summed E-state index contributed by atoms with van der Waals surface area (Å²) in [6, 6.07) is 18.0. The number of nitrogens with zero attached hydrogens (tertiary/aromatic N) is 8. The van der Waals surface area contributed by atoms with E-state index < -0.39 is 18.1 Å². The Morgan fingerprint density at radius 2 is 1.82 bits per heavy atom. The number of β-amino-alcohol motifs (C(OH)–C–C–N with tert-alkyl or cyclic N) is 1. The molecule has 17 nitrogen and oxygen atoms in total. The van der Waals surface area contributed by atoms with E-state index in [1.54, 1.807) is 29.5 Å². The number of hydrogen-bond acceptors (Lipinski definition) is 15. The summed E-state index contributed by atoms with van der Waals surface area (Å²) in [4.78, 5) is 55.2. The molecule has 3 saturated heterocycles. The van der Waals surface area contributed by atoms with Gasteiger partial charge in [-0.2, -0.15) is 0 Å². The lowest BCUT2D eigenvalue weighted by atomic mass is 9.90. The van der Waals surface area contributed by atoms with Crippen LogP contribution in [0.25, 0.3) is 21.7 Å². The number of benzene rings is 2. The van der Waals surface area contributed by atoms with E-state index in [0.29, 0.717) is 30.4 Å². The van der Waals surface area contributed by atoms with Crippen molar-refractivity contribution in [1.29, 1.82) is 0 Å². The van der Waals surface area contributed by atoms with Gasteiger partial charge in [0.1, 0.15) is 17.7 Å². The summed E-state index contributed by atoms with van der Waals surface area (Å²) in [5, 5.41) is 40.6. The molecule has 18 heteroatoms. The number of carbonyl (C=O) groups excluding carboxylic acids is 3. The molecule has 0 radical (unpaired) electrons. The number of aryl methyl sites for hydroxylation is 1. The first-order valence-electron chi connectivity index (χ1n) is 22.9. The highest BCUT2D eigenvalue weighted by atomic mass is 32.1. The number of rotatable bonds is 12. The summed E-state index contributed by atoms with van der Waals surface area (Å²) in [6.45, 7) is 14.1. The van der Waals surface area contributed by atoms with Crippen molar-refractivity contribution in [2.75, 3.05) is 62.6 Å². The second kappa shape index (κ2) is 19.0. The number of thiazole rings is 1. The maximum Gasteiger partial charge on any atom is 0.260 e. The smallest absolute Gasteiger partial charge is 0.260 e.